The van der Waals surface area contributed by atoms with Gasteiger partial charge in [0.1, 0.15) is 5.82 Å². The molecule has 1 unspecified atom stereocenters. The molecule has 0 amide bonds. The Balaban J connectivity index is 1.77. The van der Waals surface area contributed by atoms with Crippen molar-refractivity contribution in [2.75, 3.05) is 18.6 Å². The van der Waals surface area contributed by atoms with Crippen molar-refractivity contribution in [2.45, 2.75) is 25.8 Å². The standard InChI is InChI=1S/C18H21N5O/c1-12-11-16(24-3)21-18(19-12)23-10-6-9-15(23)17-20-13-7-4-5-8-14(13)22(17)2/h4-5,7-8,11,15H,6,9-10H2,1-3H3. The summed E-state index contributed by atoms with van der Waals surface area (Å²) in [4.78, 5) is 16.3. The monoisotopic (exact) mass is 323 g/mol. The van der Waals surface area contributed by atoms with Crippen LogP contribution in [-0.2, 0) is 7.05 Å². The van der Waals surface area contributed by atoms with Crippen LogP contribution >= 0.6 is 0 Å². The molecule has 0 bridgehead atoms. The molecule has 0 spiro atoms. The Kier molecular flexibility index (Phi) is 3.59. The van der Waals surface area contributed by atoms with E-state index in [1.165, 1.54) is 0 Å². The number of nitrogens with zero attached hydrogens (tertiary/aromatic N) is 5. The fourth-order valence-electron chi connectivity index (χ4n) is 3.49. The van der Waals surface area contributed by atoms with E-state index in [1.54, 1.807) is 7.11 Å². The highest BCUT2D eigenvalue weighted by molar-refractivity contribution is 5.76. The Morgan fingerprint density at radius 1 is 1.17 bits per heavy atom. The van der Waals surface area contributed by atoms with Crippen LogP contribution in [0.5, 0.6) is 5.88 Å². The molecule has 6 heteroatoms. The number of para-hydroxylation sites is 2. The molecule has 24 heavy (non-hydrogen) atoms. The normalized spacial score (nSPS) is 17.6. The third-order valence-corrected chi connectivity index (χ3v) is 4.66. The molecule has 6 nitrogen and oxygen atoms in total. The van der Waals surface area contributed by atoms with Crippen LogP contribution in [0.4, 0.5) is 5.95 Å². The van der Waals surface area contributed by atoms with Crippen molar-refractivity contribution in [1.82, 2.24) is 19.5 Å². The molecule has 1 fully saturated rings. The number of imidazole rings is 1. The number of methoxy groups -OCH3 is 1. The number of anilines is 1. The van der Waals surface area contributed by atoms with Crippen LogP contribution < -0.4 is 9.64 Å². The molecule has 0 aliphatic carbocycles. The van der Waals surface area contributed by atoms with Crippen molar-refractivity contribution in [3.63, 3.8) is 0 Å². The van der Waals surface area contributed by atoms with E-state index in [0.717, 1.165) is 47.9 Å². The van der Waals surface area contributed by atoms with E-state index < -0.39 is 0 Å². The van der Waals surface area contributed by atoms with E-state index in [4.69, 9.17) is 9.72 Å². The van der Waals surface area contributed by atoms with Crippen molar-refractivity contribution in [1.29, 1.82) is 0 Å². The lowest BCUT2D eigenvalue weighted by Crippen LogP contribution is -2.27. The van der Waals surface area contributed by atoms with Gasteiger partial charge in [0.25, 0.3) is 0 Å². The van der Waals surface area contributed by atoms with E-state index in [1.807, 2.05) is 19.1 Å². The SMILES string of the molecule is COc1cc(C)nc(N2CCCC2c2nc3ccccc3n2C)n1. The van der Waals surface area contributed by atoms with Gasteiger partial charge in [0.2, 0.25) is 11.8 Å². The molecule has 3 aromatic rings. The predicted molar refractivity (Wildman–Crippen MR) is 93.4 cm³/mol. The highest BCUT2D eigenvalue weighted by Gasteiger charge is 2.32. The molecule has 4 rings (SSSR count). The Labute approximate surface area is 141 Å². The van der Waals surface area contributed by atoms with E-state index in [-0.39, 0.29) is 6.04 Å². The molecule has 0 saturated carbocycles. The summed E-state index contributed by atoms with van der Waals surface area (Å²) < 4.78 is 7.50. The van der Waals surface area contributed by atoms with Gasteiger partial charge < -0.3 is 14.2 Å². The zero-order chi connectivity index (χ0) is 16.7. The fraction of sp³-hybridized carbons (Fsp3) is 0.389. The van der Waals surface area contributed by atoms with Crippen LogP contribution in [0.2, 0.25) is 0 Å². The van der Waals surface area contributed by atoms with Gasteiger partial charge in [-0.2, -0.15) is 4.98 Å². The number of aryl methyl sites for hydroxylation is 2. The second-order valence-corrected chi connectivity index (χ2v) is 6.22. The van der Waals surface area contributed by atoms with Gasteiger partial charge in [-0.3, -0.25) is 0 Å². The van der Waals surface area contributed by atoms with Crippen LogP contribution in [0.25, 0.3) is 11.0 Å². The summed E-state index contributed by atoms with van der Waals surface area (Å²) in [5.41, 5.74) is 3.10. The Hall–Kier alpha value is -2.63. The molecule has 0 N–H and O–H groups in total. The number of hydrogen-bond donors (Lipinski definition) is 0. The van der Waals surface area contributed by atoms with E-state index >= 15 is 0 Å². The molecular weight excluding hydrogens is 302 g/mol. The van der Waals surface area contributed by atoms with Crippen LogP contribution in [-0.4, -0.2) is 33.2 Å². The quantitative estimate of drug-likeness (QED) is 0.741. The summed E-state index contributed by atoms with van der Waals surface area (Å²) >= 11 is 0. The topological polar surface area (TPSA) is 56.1 Å². The number of fused-ring (bicyclic) bond motifs is 1. The van der Waals surface area contributed by atoms with E-state index in [9.17, 15) is 0 Å². The molecule has 1 aliphatic heterocycles. The first-order valence-corrected chi connectivity index (χ1v) is 8.25. The van der Waals surface area contributed by atoms with E-state index in [0.29, 0.717) is 5.88 Å². The summed E-state index contributed by atoms with van der Waals surface area (Å²) in [5.74, 6) is 2.40. The van der Waals surface area contributed by atoms with Crippen LogP contribution in [0.15, 0.2) is 30.3 Å². The zero-order valence-electron chi connectivity index (χ0n) is 14.2. The molecule has 1 aromatic carbocycles. The van der Waals surface area contributed by atoms with E-state index in [2.05, 4.69) is 44.7 Å². The van der Waals surface area contributed by atoms with Crippen molar-refractivity contribution in [3.05, 3.63) is 41.9 Å². The largest absolute Gasteiger partial charge is 0.481 e. The molecule has 3 heterocycles. The fourth-order valence-corrected chi connectivity index (χ4v) is 3.49. The lowest BCUT2D eigenvalue weighted by molar-refractivity contribution is 0.396. The minimum absolute atomic E-state index is 0.189. The molecule has 0 radical (unpaired) electrons. The van der Waals surface area contributed by atoms with Gasteiger partial charge in [0.15, 0.2) is 0 Å². The van der Waals surface area contributed by atoms with Gasteiger partial charge in [-0.15, -0.1) is 0 Å². The maximum absolute atomic E-state index is 5.31. The third kappa shape index (κ3) is 2.38. The Morgan fingerprint density at radius 2 is 2.00 bits per heavy atom. The maximum Gasteiger partial charge on any atom is 0.229 e. The van der Waals surface area contributed by atoms with Gasteiger partial charge in [-0.05, 0) is 31.9 Å². The predicted octanol–water partition coefficient (Wildman–Crippen LogP) is 3.02. The minimum atomic E-state index is 0.189. The molecule has 1 atom stereocenters. The Morgan fingerprint density at radius 3 is 2.79 bits per heavy atom. The average Bonchev–Trinajstić information content (AvgIpc) is 3.19. The first kappa shape index (κ1) is 14.9. The molecule has 124 valence electrons. The number of hydrogen-bond acceptors (Lipinski definition) is 5. The van der Waals surface area contributed by atoms with Crippen molar-refractivity contribution < 1.29 is 4.74 Å². The second kappa shape index (κ2) is 5.78. The van der Waals surface area contributed by atoms with Gasteiger partial charge in [0.05, 0.1) is 24.2 Å². The summed E-state index contributed by atoms with van der Waals surface area (Å²) in [6.45, 7) is 2.90. The summed E-state index contributed by atoms with van der Waals surface area (Å²) in [5, 5.41) is 0. The molecule has 1 aliphatic rings. The van der Waals surface area contributed by atoms with Crippen molar-refractivity contribution in [2.24, 2.45) is 7.05 Å². The third-order valence-electron chi connectivity index (χ3n) is 4.66. The number of rotatable bonds is 3. The number of benzene rings is 1. The maximum atomic E-state index is 5.31. The van der Waals surface area contributed by atoms with Crippen molar-refractivity contribution in [3.8, 4) is 5.88 Å². The zero-order valence-corrected chi connectivity index (χ0v) is 14.2. The van der Waals surface area contributed by atoms with Gasteiger partial charge >= 0.3 is 0 Å². The summed E-state index contributed by atoms with van der Waals surface area (Å²) in [6.07, 6.45) is 2.16. The van der Waals surface area contributed by atoms with Crippen LogP contribution in [0.1, 0.15) is 30.4 Å². The number of aromatic nitrogens is 4. The van der Waals surface area contributed by atoms with Gasteiger partial charge in [-0.1, -0.05) is 12.1 Å². The van der Waals surface area contributed by atoms with Crippen molar-refractivity contribution >= 4 is 17.0 Å². The number of ether oxygens (including phenoxy) is 1. The highest BCUT2D eigenvalue weighted by Crippen LogP contribution is 2.35. The van der Waals surface area contributed by atoms with Crippen LogP contribution in [0, 0.1) is 6.92 Å². The summed E-state index contributed by atoms with van der Waals surface area (Å²) in [6, 6.07) is 10.3. The highest BCUT2D eigenvalue weighted by atomic mass is 16.5. The minimum Gasteiger partial charge on any atom is -0.481 e. The van der Waals surface area contributed by atoms with Gasteiger partial charge in [0, 0.05) is 25.4 Å². The smallest absolute Gasteiger partial charge is 0.229 e. The summed E-state index contributed by atoms with van der Waals surface area (Å²) in [7, 11) is 3.72. The lowest BCUT2D eigenvalue weighted by atomic mass is 10.2. The van der Waals surface area contributed by atoms with Crippen LogP contribution in [0.3, 0.4) is 0 Å². The molecule has 2 aromatic heterocycles. The second-order valence-electron chi connectivity index (χ2n) is 6.22. The molecular formula is C18H21N5O. The average molecular weight is 323 g/mol. The Bertz CT molecular complexity index is 888. The van der Waals surface area contributed by atoms with Gasteiger partial charge in [-0.25, -0.2) is 9.97 Å². The lowest BCUT2D eigenvalue weighted by Gasteiger charge is -2.24. The first-order chi connectivity index (χ1) is 11.7. The first-order valence-electron chi connectivity index (χ1n) is 8.25. The molecule has 1 saturated heterocycles.